The van der Waals surface area contributed by atoms with Crippen LogP contribution in [0.4, 0.5) is 5.69 Å². The standard InChI is InChI=1S/C19H25N3O4/c1-15-2-4-16(5-3-15)20-14-17(18(23)21-6-10-25-11-7-21)19(24)22-8-12-26-13-9-22/h2-5,14,20H,6-13H2,1H3. The Hall–Kier alpha value is -2.38. The summed E-state index contributed by atoms with van der Waals surface area (Å²) in [5, 5.41) is 3.09. The quantitative estimate of drug-likeness (QED) is 0.494. The Bertz CT molecular complexity index is 628. The minimum Gasteiger partial charge on any atom is -0.378 e. The summed E-state index contributed by atoms with van der Waals surface area (Å²) in [4.78, 5) is 29.2. The zero-order valence-electron chi connectivity index (χ0n) is 15.1. The van der Waals surface area contributed by atoms with E-state index in [0.29, 0.717) is 52.6 Å². The van der Waals surface area contributed by atoms with Crippen LogP contribution in [0.1, 0.15) is 5.56 Å². The Balaban J connectivity index is 1.79. The lowest BCUT2D eigenvalue weighted by Gasteiger charge is -2.31. The number of morpholine rings is 2. The van der Waals surface area contributed by atoms with Gasteiger partial charge < -0.3 is 24.6 Å². The Morgan fingerprint density at radius 2 is 1.35 bits per heavy atom. The Morgan fingerprint density at radius 3 is 1.81 bits per heavy atom. The lowest BCUT2D eigenvalue weighted by Crippen LogP contribution is -2.47. The summed E-state index contributed by atoms with van der Waals surface area (Å²) in [5.74, 6) is -0.520. The number of hydrogen-bond donors (Lipinski definition) is 1. The molecular formula is C19H25N3O4. The maximum Gasteiger partial charge on any atom is 0.261 e. The Labute approximate surface area is 153 Å². The van der Waals surface area contributed by atoms with Crippen molar-refractivity contribution < 1.29 is 19.1 Å². The average molecular weight is 359 g/mol. The number of rotatable bonds is 4. The SMILES string of the molecule is Cc1ccc(NC=C(C(=O)N2CCOCC2)C(=O)N2CCOCC2)cc1. The lowest BCUT2D eigenvalue weighted by atomic mass is 10.1. The second kappa shape index (κ2) is 8.82. The van der Waals surface area contributed by atoms with E-state index in [9.17, 15) is 9.59 Å². The molecule has 0 aliphatic carbocycles. The van der Waals surface area contributed by atoms with Gasteiger partial charge in [-0.05, 0) is 19.1 Å². The summed E-state index contributed by atoms with van der Waals surface area (Å²) >= 11 is 0. The van der Waals surface area contributed by atoms with Crippen LogP contribution in [0.5, 0.6) is 0 Å². The van der Waals surface area contributed by atoms with E-state index < -0.39 is 0 Å². The molecule has 140 valence electrons. The molecule has 26 heavy (non-hydrogen) atoms. The van der Waals surface area contributed by atoms with Crippen molar-refractivity contribution in [2.75, 3.05) is 57.9 Å². The fourth-order valence-electron chi connectivity index (χ4n) is 2.89. The van der Waals surface area contributed by atoms with Gasteiger partial charge in [0.15, 0.2) is 0 Å². The molecule has 1 aromatic carbocycles. The number of anilines is 1. The number of carbonyl (C=O) groups is 2. The molecule has 0 radical (unpaired) electrons. The van der Waals surface area contributed by atoms with Crippen LogP contribution in [0.2, 0.25) is 0 Å². The van der Waals surface area contributed by atoms with Gasteiger partial charge in [-0.15, -0.1) is 0 Å². The minimum absolute atomic E-state index is 0.148. The van der Waals surface area contributed by atoms with Crippen LogP contribution in [-0.4, -0.2) is 74.2 Å². The van der Waals surface area contributed by atoms with Crippen molar-refractivity contribution >= 4 is 17.5 Å². The highest BCUT2D eigenvalue weighted by atomic mass is 16.5. The minimum atomic E-state index is -0.260. The predicted octanol–water partition coefficient (Wildman–Crippen LogP) is 1.01. The van der Waals surface area contributed by atoms with Crippen molar-refractivity contribution in [3.05, 3.63) is 41.6 Å². The predicted molar refractivity (Wildman–Crippen MR) is 97.7 cm³/mol. The van der Waals surface area contributed by atoms with Gasteiger partial charge in [-0.2, -0.15) is 0 Å². The van der Waals surface area contributed by atoms with Crippen LogP contribution < -0.4 is 5.32 Å². The number of aryl methyl sites for hydroxylation is 1. The number of benzene rings is 1. The average Bonchev–Trinajstić information content (AvgIpc) is 2.70. The first-order valence-electron chi connectivity index (χ1n) is 8.92. The largest absolute Gasteiger partial charge is 0.378 e. The maximum absolute atomic E-state index is 12.9. The molecule has 2 saturated heterocycles. The topological polar surface area (TPSA) is 71.1 Å². The first-order chi connectivity index (χ1) is 12.6. The molecule has 0 atom stereocenters. The number of hydrogen-bond acceptors (Lipinski definition) is 5. The molecule has 2 fully saturated rings. The van der Waals surface area contributed by atoms with Crippen molar-refractivity contribution in [1.82, 2.24) is 9.80 Å². The zero-order valence-corrected chi connectivity index (χ0v) is 15.1. The second-order valence-corrected chi connectivity index (χ2v) is 6.38. The van der Waals surface area contributed by atoms with E-state index in [2.05, 4.69) is 5.32 Å². The third kappa shape index (κ3) is 4.62. The molecule has 0 spiro atoms. The number of ether oxygens (including phenoxy) is 2. The molecule has 0 aromatic heterocycles. The van der Waals surface area contributed by atoms with E-state index in [4.69, 9.17) is 9.47 Å². The molecule has 2 aliphatic heterocycles. The van der Waals surface area contributed by atoms with Crippen molar-refractivity contribution in [2.45, 2.75) is 6.92 Å². The van der Waals surface area contributed by atoms with E-state index in [1.165, 1.54) is 6.20 Å². The third-order valence-corrected chi connectivity index (χ3v) is 4.49. The number of nitrogens with zero attached hydrogens (tertiary/aromatic N) is 2. The monoisotopic (exact) mass is 359 g/mol. The summed E-state index contributed by atoms with van der Waals surface area (Å²) in [6.45, 7) is 5.98. The normalized spacial score (nSPS) is 17.6. The van der Waals surface area contributed by atoms with Gasteiger partial charge in [-0.1, -0.05) is 17.7 Å². The summed E-state index contributed by atoms with van der Waals surface area (Å²) in [7, 11) is 0. The van der Waals surface area contributed by atoms with Gasteiger partial charge >= 0.3 is 0 Å². The third-order valence-electron chi connectivity index (χ3n) is 4.49. The molecule has 1 aromatic rings. The molecule has 1 N–H and O–H groups in total. The van der Waals surface area contributed by atoms with E-state index in [-0.39, 0.29) is 17.4 Å². The molecule has 3 rings (SSSR count). The summed E-state index contributed by atoms with van der Waals surface area (Å²) in [6.07, 6.45) is 1.53. The Kier molecular flexibility index (Phi) is 6.25. The van der Waals surface area contributed by atoms with Gasteiger partial charge in [-0.3, -0.25) is 9.59 Å². The molecule has 0 saturated carbocycles. The summed E-state index contributed by atoms with van der Waals surface area (Å²) in [6, 6.07) is 7.79. The van der Waals surface area contributed by atoms with Crippen molar-refractivity contribution in [1.29, 1.82) is 0 Å². The zero-order chi connectivity index (χ0) is 18.4. The molecule has 2 amide bonds. The van der Waals surface area contributed by atoms with Crippen molar-refractivity contribution in [2.24, 2.45) is 0 Å². The lowest BCUT2D eigenvalue weighted by molar-refractivity contribution is -0.138. The Morgan fingerprint density at radius 1 is 0.885 bits per heavy atom. The van der Waals surface area contributed by atoms with Gasteiger partial charge in [-0.25, -0.2) is 0 Å². The molecule has 7 nitrogen and oxygen atoms in total. The summed E-state index contributed by atoms with van der Waals surface area (Å²) < 4.78 is 10.6. The van der Waals surface area contributed by atoms with Crippen LogP contribution in [-0.2, 0) is 19.1 Å². The molecular weight excluding hydrogens is 334 g/mol. The van der Waals surface area contributed by atoms with Crippen LogP contribution in [0.25, 0.3) is 0 Å². The molecule has 2 heterocycles. The highest BCUT2D eigenvalue weighted by Crippen LogP contribution is 2.14. The first kappa shape index (κ1) is 18.4. The molecule has 0 unspecified atom stereocenters. The molecule has 0 bridgehead atoms. The van der Waals surface area contributed by atoms with Gasteiger partial charge in [0.25, 0.3) is 11.8 Å². The highest BCUT2D eigenvalue weighted by Gasteiger charge is 2.29. The van der Waals surface area contributed by atoms with Crippen LogP contribution in [0, 0.1) is 6.92 Å². The van der Waals surface area contributed by atoms with E-state index in [0.717, 1.165) is 11.3 Å². The summed E-state index contributed by atoms with van der Waals surface area (Å²) in [5.41, 5.74) is 2.13. The number of amides is 2. The van der Waals surface area contributed by atoms with E-state index >= 15 is 0 Å². The molecule has 2 aliphatic rings. The second-order valence-electron chi connectivity index (χ2n) is 6.38. The number of nitrogens with one attached hydrogen (secondary N) is 1. The highest BCUT2D eigenvalue weighted by molar-refractivity contribution is 6.18. The maximum atomic E-state index is 12.9. The van der Waals surface area contributed by atoms with E-state index in [1.54, 1.807) is 9.80 Å². The molecule has 7 heteroatoms. The fraction of sp³-hybridized carbons (Fsp3) is 0.474. The van der Waals surface area contributed by atoms with E-state index in [1.807, 2.05) is 31.2 Å². The van der Waals surface area contributed by atoms with Crippen molar-refractivity contribution in [3.63, 3.8) is 0 Å². The number of carbonyl (C=O) groups excluding carboxylic acids is 2. The first-order valence-corrected chi connectivity index (χ1v) is 8.92. The van der Waals surface area contributed by atoms with Gasteiger partial charge in [0.1, 0.15) is 5.57 Å². The van der Waals surface area contributed by atoms with Crippen LogP contribution in [0.3, 0.4) is 0 Å². The van der Waals surface area contributed by atoms with Crippen LogP contribution in [0.15, 0.2) is 36.0 Å². The smallest absolute Gasteiger partial charge is 0.261 e. The van der Waals surface area contributed by atoms with Gasteiger partial charge in [0, 0.05) is 38.1 Å². The van der Waals surface area contributed by atoms with Crippen LogP contribution >= 0.6 is 0 Å². The fourth-order valence-corrected chi connectivity index (χ4v) is 2.89. The van der Waals surface area contributed by atoms with Crippen molar-refractivity contribution in [3.8, 4) is 0 Å². The van der Waals surface area contributed by atoms with Gasteiger partial charge in [0.2, 0.25) is 0 Å². The van der Waals surface area contributed by atoms with Gasteiger partial charge in [0.05, 0.1) is 26.4 Å².